The number of nitrogens with zero attached hydrogens (tertiary/aromatic N) is 1. The standard InChI is InChI=1S/C14H14N2O3/c1-9(17)11-6-7-16-13(8-11)19-12-4-2-10(3-5-12)14(15)18/h2-9,17H,1H3,(H2,15,18)/t9-/m0/s1. The lowest BCUT2D eigenvalue weighted by Crippen LogP contribution is -2.10. The summed E-state index contributed by atoms with van der Waals surface area (Å²) in [6, 6.07) is 9.81. The normalized spacial score (nSPS) is 11.9. The molecule has 5 nitrogen and oxygen atoms in total. The molecule has 5 heteroatoms. The average Bonchev–Trinajstić information content (AvgIpc) is 2.39. The van der Waals surface area contributed by atoms with Crippen LogP contribution in [0.4, 0.5) is 0 Å². The van der Waals surface area contributed by atoms with Gasteiger partial charge in [0.2, 0.25) is 11.8 Å². The zero-order chi connectivity index (χ0) is 13.8. The molecule has 0 bridgehead atoms. The maximum Gasteiger partial charge on any atom is 0.248 e. The first-order valence-corrected chi connectivity index (χ1v) is 5.78. The number of benzene rings is 1. The minimum Gasteiger partial charge on any atom is -0.439 e. The number of nitrogens with two attached hydrogens (primary N) is 1. The Hall–Kier alpha value is -2.40. The van der Waals surface area contributed by atoms with Gasteiger partial charge < -0.3 is 15.6 Å². The number of hydrogen-bond donors (Lipinski definition) is 2. The van der Waals surface area contributed by atoms with Gasteiger partial charge >= 0.3 is 0 Å². The molecule has 0 radical (unpaired) electrons. The van der Waals surface area contributed by atoms with Crippen molar-refractivity contribution < 1.29 is 14.6 Å². The Kier molecular flexibility index (Phi) is 3.77. The van der Waals surface area contributed by atoms with Gasteiger partial charge in [0.15, 0.2) is 0 Å². The number of carbonyl (C=O) groups excluding carboxylic acids is 1. The predicted molar refractivity (Wildman–Crippen MR) is 69.9 cm³/mol. The largest absolute Gasteiger partial charge is 0.439 e. The topological polar surface area (TPSA) is 85.4 Å². The molecule has 0 fully saturated rings. The van der Waals surface area contributed by atoms with Crippen molar-refractivity contribution in [1.82, 2.24) is 4.98 Å². The zero-order valence-corrected chi connectivity index (χ0v) is 10.4. The van der Waals surface area contributed by atoms with Gasteiger partial charge in [0.05, 0.1) is 6.10 Å². The minimum absolute atomic E-state index is 0.380. The Morgan fingerprint density at radius 2 is 2.00 bits per heavy atom. The zero-order valence-electron chi connectivity index (χ0n) is 10.4. The second-order valence-electron chi connectivity index (χ2n) is 4.09. The van der Waals surface area contributed by atoms with Crippen LogP contribution in [0, 0.1) is 0 Å². The summed E-state index contributed by atoms with van der Waals surface area (Å²) >= 11 is 0. The van der Waals surface area contributed by atoms with Gasteiger partial charge in [-0.05, 0) is 42.8 Å². The van der Waals surface area contributed by atoms with Gasteiger partial charge in [-0.3, -0.25) is 4.79 Å². The monoisotopic (exact) mass is 258 g/mol. The molecule has 0 unspecified atom stereocenters. The molecule has 1 amide bonds. The Morgan fingerprint density at radius 3 is 2.58 bits per heavy atom. The SMILES string of the molecule is C[C@H](O)c1ccnc(Oc2ccc(C(N)=O)cc2)c1. The molecule has 1 heterocycles. The number of aliphatic hydroxyl groups is 1. The molecule has 19 heavy (non-hydrogen) atoms. The molecular weight excluding hydrogens is 244 g/mol. The minimum atomic E-state index is -0.581. The van der Waals surface area contributed by atoms with E-state index in [1.54, 1.807) is 49.5 Å². The van der Waals surface area contributed by atoms with Crippen LogP contribution in [-0.4, -0.2) is 16.0 Å². The molecule has 2 rings (SSSR count). The highest BCUT2D eigenvalue weighted by Crippen LogP contribution is 2.22. The summed E-state index contributed by atoms with van der Waals surface area (Å²) in [4.78, 5) is 15.0. The molecule has 0 aliphatic carbocycles. The van der Waals surface area contributed by atoms with E-state index >= 15 is 0 Å². The molecule has 1 atom stereocenters. The van der Waals surface area contributed by atoms with Crippen molar-refractivity contribution in [2.24, 2.45) is 5.73 Å². The van der Waals surface area contributed by atoms with Crippen molar-refractivity contribution in [2.45, 2.75) is 13.0 Å². The van der Waals surface area contributed by atoms with Gasteiger partial charge in [-0.25, -0.2) is 4.98 Å². The van der Waals surface area contributed by atoms with Crippen LogP contribution >= 0.6 is 0 Å². The second-order valence-corrected chi connectivity index (χ2v) is 4.09. The van der Waals surface area contributed by atoms with Gasteiger partial charge in [-0.15, -0.1) is 0 Å². The molecule has 2 aromatic rings. The van der Waals surface area contributed by atoms with Gasteiger partial charge in [-0.2, -0.15) is 0 Å². The van der Waals surface area contributed by atoms with Crippen molar-refractivity contribution in [3.05, 3.63) is 53.7 Å². The fraction of sp³-hybridized carbons (Fsp3) is 0.143. The van der Waals surface area contributed by atoms with Crippen LogP contribution in [0.5, 0.6) is 11.6 Å². The Bertz CT molecular complexity index is 579. The second kappa shape index (κ2) is 5.49. The van der Waals surface area contributed by atoms with Crippen LogP contribution in [0.2, 0.25) is 0 Å². The summed E-state index contributed by atoms with van der Waals surface area (Å²) in [5.74, 6) is 0.436. The predicted octanol–water partition coefficient (Wildman–Crippen LogP) is 2.03. The first-order chi connectivity index (χ1) is 9.06. The number of aliphatic hydroxyl groups excluding tert-OH is 1. The number of hydrogen-bond acceptors (Lipinski definition) is 4. The summed E-state index contributed by atoms with van der Waals surface area (Å²) < 4.78 is 5.53. The lowest BCUT2D eigenvalue weighted by molar-refractivity contribution is 0.100. The molecule has 0 saturated heterocycles. The van der Waals surface area contributed by atoms with E-state index in [4.69, 9.17) is 10.5 Å². The smallest absolute Gasteiger partial charge is 0.248 e. The van der Waals surface area contributed by atoms with Crippen LogP contribution < -0.4 is 10.5 Å². The lowest BCUT2D eigenvalue weighted by Gasteiger charge is -2.08. The number of carbonyl (C=O) groups is 1. The summed E-state index contributed by atoms with van der Waals surface area (Å²) in [6.07, 6.45) is 0.984. The highest BCUT2D eigenvalue weighted by molar-refractivity contribution is 5.92. The van der Waals surface area contributed by atoms with Crippen LogP contribution in [0.3, 0.4) is 0 Å². The van der Waals surface area contributed by atoms with E-state index in [2.05, 4.69) is 4.98 Å². The molecule has 1 aromatic heterocycles. The highest BCUT2D eigenvalue weighted by atomic mass is 16.5. The fourth-order valence-electron chi connectivity index (χ4n) is 1.55. The molecule has 3 N–H and O–H groups in total. The third kappa shape index (κ3) is 3.29. The van der Waals surface area contributed by atoms with Crippen molar-refractivity contribution in [1.29, 1.82) is 0 Å². The average molecular weight is 258 g/mol. The lowest BCUT2D eigenvalue weighted by atomic mass is 10.2. The van der Waals surface area contributed by atoms with Crippen molar-refractivity contribution in [3.8, 4) is 11.6 Å². The number of primary amides is 1. The van der Waals surface area contributed by atoms with E-state index in [-0.39, 0.29) is 0 Å². The Morgan fingerprint density at radius 1 is 1.32 bits per heavy atom. The quantitative estimate of drug-likeness (QED) is 0.878. The van der Waals surface area contributed by atoms with E-state index in [0.29, 0.717) is 17.2 Å². The molecule has 0 saturated carbocycles. The number of pyridine rings is 1. The Balaban J connectivity index is 2.16. The molecule has 1 aromatic carbocycles. The van der Waals surface area contributed by atoms with Crippen LogP contribution in [0.15, 0.2) is 42.6 Å². The first-order valence-electron chi connectivity index (χ1n) is 5.78. The van der Waals surface area contributed by atoms with Gasteiger partial charge in [0.1, 0.15) is 5.75 Å². The summed E-state index contributed by atoms with van der Waals surface area (Å²) in [5, 5.41) is 9.48. The first kappa shape index (κ1) is 13.0. The van der Waals surface area contributed by atoms with E-state index < -0.39 is 12.0 Å². The van der Waals surface area contributed by atoms with Crippen molar-refractivity contribution >= 4 is 5.91 Å². The molecule has 98 valence electrons. The fourth-order valence-corrected chi connectivity index (χ4v) is 1.55. The van der Waals surface area contributed by atoms with Crippen LogP contribution in [-0.2, 0) is 0 Å². The number of rotatable bonds is 4. The van der Waals surface area contributed by atoms with Gasteiger partial charge in [-0.1, -0.05) is 0 Å². The molecule has 0 aliphatic heterocycles. The van der Waals surface area contributed by atoms with E-state index in [1.165, 1.54) is 0 Å². The molecular formula is C14H14N2O3. The molecule has 0 aliphatic rings. The summed E-state index contributed by atoms with van der Waals surface area (Å²) in [6.45, 7) is 1.67. The van der Waals surface area contributed by atoms with Gasteiger partial charge in [0, 0.05) is 17.8 Å². The molecule has 0 spiro atoms. The summed E-state index contributed by atoms with van der Waals surface area (Å²) in [7, 11) is 0. The maximum atomic E-state index is 10.9. The van der Waals surface area contributed by atoms with Crippen molar-refractivity contribution in [3.63, 3.8) is 0 Å². The highest BCUT2D eigenvalue weighted by Gasteiger charge is 2.05. The van der Waals surface area contributed by atoms with E-state index in [0.717, 1.165) is 5.56 Å². The third-order valence-corrected chi connectivity index (χ3v) is 2.60. The van der Waals surface area contributed by atoms with Crippen LogP contribution in [0.1, 0.15) is 28.9 Å². The van der Waals surface area contributed by atoms with Gasteiger partial charge in [0.25, 0.3) is 0 Å². The van der Waals surface area contributed by atoms with Crippen molar-refractivity contribution in [2.75, 3.05) is 0 Å². The third-order valence-electron chi connectivity index (χ3n) is 2.60. The Labute approximate surface area is 110 Å². The maximum absolute atomic E-state index is 10.9. The number of ether oxygens (including phenoxy) is 1. The van der Waals surface area contributed by atoms with E-state index in [1.807, 2.05) is 0 Å². The summed E-state index contributed by atoms with van der Waals surface area (Å²) in [5.41, 5.74) is 6.29. The number of aromatic nitrogens is 1. The van der Waals surface area contributed by atoms with Crippen LogP contribution in [0.25, 0.3) is 0 Å². The number of amides is 1. The van der Waals surface area contributed by atoms with E-state index in [9.17, 15) is 9.90 Å².